The van der Waals surface area contributed by atoms with Crippen LogP contribution in [0.25, 0.3) is 11.1 Å². The van der Waals surface area contributed by atoms with Gasteiger partial charge in [-0.1, -0.05) is 41.4 Å². The first-order chi connectivity index (χ1) is 9.69. The number of hydrogen-bond acceptors (Lipinski definition) is 2. The van der Waals surface area contributed by atoms with Gasteiger partial charge in [0, 0.05) is 27.7 Å². The molecule has 2 nitrogen and oxygen atoms in total. The lowest BCUT2D eigenvalue weighted by Gasteiger charge is -2.27. The molecule has 0 radical (unpaired) electrons. The maximum Gasteiger partial charge on any atom is 0.130 e. The molecule has 2 N–H and O–H groups in total. The molecule has 1 heterocycles. The van der Waals surface area contributed by atoms with Crippen LogP contribution in [0.1, 0.15) is 12.0 Å². The monoisotopic (exact) mass is 307 g/mol. The predicted octanol–water partition coefficient (Wildman–Crippen LogP) is 4.31. The van der Waals surface area contributed by atoms with Crippen molar-refractivity contribution in [2.24, 2.45) is 5.73 Å². The predicted molar refractivity (Wildman–Crippen MR) is 83.7 cm³/mol. The van der Waals surface area contributed by atoms with Crippen LogP contribution in [0, 0.1) is 0 Å². The number of nitrogens with two attached hydrogens (primary N) is 1. The van der Waals surface area contributed by atoms with Gasteiger partial charge in [0.15, 0.2) is 0 Å². The summed E-state index contributed by atoms with van der Waals surface area (Å²) in [6.07, 6.45) is 2.00. The van der Waals surface area contributed by atoms with Crippen molar-refractivity contribution in [1.29, 1.82) is 0 Å². The smallest absolute Gasteiger partial charge is 0.130 e. The largest absolute Gasteiger partial charge is 0.488 e. The van der Waals surface area contributed by atoms with E-state index in [1.807, 2.05) is 24.3 Å². The zero-order valence-electron chi connectivity index (χ0n) is 10.9. The van der Waals surface area contributed by atoms with E-state index in [1.165, 1.54) is 5.56 Å². The highest BCUT2D eigenvalue weighted by atomic mass is 35.5. The maximum atomic E-state index is 6.30. The van der Waals surface area contributed by atoms with Crippen LogP contribution < -0.4 is 10.5 Å². The average molecular weight is 308 g/mol. The number of benzene rings is 2. The molecule has 0 fully saturated rings. The molecule has 0 bridgehead atoms. The van der Waals surface area contributed by atoms with Gasteiger partial charge >= 0.3 is 0 Å². The first-order valence-electron chi connectivity index (χ1n) is 6.63. The fraction of sp³-hybridized carbons (Fsp3) is 0.250. The molecule has 2 aromatic rings. The van der Waals surface area contributed by atoms with E-state index in [0.717, 1.165) is 29.7 Å². The van der Waals surface area contributed by atoms with Gasteiger partial charge in [0.05, 0.1) is 0 Å². The van der Waals surface area contributed by atoms with Crippen LogP contribution in [0.15, 0.2) is 36.4 Å². The van der Waals surface area contributed by atoms with Gasteiger partial charge < -0.3 is 10.5 Å². The Morgan fingerprint density at radius 2 is 2.00 bits per heavy atom. The zero-order valence-corrected chi connectivity index (χ0v) is 12.4. The number of hydrogen-bond donors (Lipinski definition) is 1. The first-order valence-corrected chi connectivity index (χ1v) is 7.38. The van der Waals surface area contributed by atoms with Crippen LogP contribution in [-0.2, 0) is 6.42 Å². The van der Waals surface area contributed by atoms with E-state index < -0.39 is 0 Å². The van der Waals surface area contributed by atoms with E-state index in [9.17, 15) is 0 Å². The normalized spacial score (nSPS) is 17.4. The number of rotatable bonds is 2. The van der Waals surface area contributed by atoms with Gasteiger partial charge in [-0.2, -0.15) is 0 Å². The molecule has 1 atom stereocenters. The summed E-state index contributed by atoms with van der Waals surface area (Å²) >= 11 is 12.4. The molecule has 0 unspecified atom stereocenters. The van der Waals surface area contributed by atoms with Crippen molar-refractivity contribution in [3.05, 3.63) is 52.0 Å². The summed E-state index contributed by atoms with van der Waals surface area (Å²) in [6.45, 7) is 0.525. The van der Waals surface area contributed by atoms with Gasteiger partial charge in [0.25, 0.3) is 0 Å². The maximum absolute atomic E-state index is 6.30. The fourth-order valence-corrected chi connectivity index (χ4v) is 2.94. The summed E-state index contributed by atoms with van der Waals surface area (Å²) in [5.41, 5.74) is 8.81. The molecular formula is C16H15Cl2NO. The molecular weight excluding hydrogens is 293 g/mol. The van der Waals surface area contributed by atoms with Gasteiger partial charge in [-0.15, -0.1) is 0 Å². The highest BCUT2D eigenvalue weighted by Crippen LogP contribution is 2.41. The van der Waals surface area contributed by atoms with Gasteiger partial charge in [-0.3, -0.25) is 0 Å². The lowest BCUT2D eigenvalue weighted by atomic mass is 9.95. The first kappa shape index (κ1) is 13.7. The summed E-state index contributed by atoms with van der Waals surface area (Å²) < 4.78 is 6.03. The van der Waals surface area contributed by atoms with Gasteiger partial charge in [-0.05, 0) is 36.6 Å². The Labute approximate surface area is 128 Å². The Kier molecular flexibility index (Phi) is 3.88. The number of para-hydroxylation sites is 1. The molecule has 3 rings (SSSR count). The lowest BCUT2D eigenvalue weighted by molar-refractivity contribution is 0.182. The Balaban J connectivity index is 2.13. The number of ether oxygens (including phenoxy) is 1. The highest BCUT2D eigenvalue weighted by molar-refractivity contribution is 6.35. The van der Waals surface area contributed by atoms with Crippen LogP contribution in [0.3, 0.4) is 0 Å². The molecule has 0 aromatic heterocycles. The van der Waals surface area contributed by atoms with Gasteiger partial charge in [-0.25, -0.2) is 0 Å². The number of halogens is 2. The molecule has 20 heavy (non-hydrogen) atoms. The molecule has 0 aliphatic carbocycles. The standard InChI is InChI=1S/C16H15Cl2NO/c17-11-5-7-15(18)14(8-11)13-3-1-2-10-4-6-12(9-19)20-16(10)13/h1-3,5,7-8,12H,4,6,9,19H2/t12-/m1/s1. The summed E-state index contributed by atoms with van der Waals surface area (Å²) in [6, 6.07) is 11.6. The van der Waals surface area contributed by atoms with Crippen molar-refractivity contribution in [3.63, 3.8) is 0 Å². The van der Waals surface area contributed by atoms with Crippen LogP contribution >= 0.6 is 23.2 Å². The molecule has 0 amide bonds. The van der Waals surface area contributed by atoms with Crippen molar-refractivity contribution in [3.8, 4) is 16.9 Å². The molecule has 1 aliphatic rings. The minimum atomic E-state index is 0.0709. The van der Waals surface area contributed by atoms with Crippen LogP contribution in [0.4, 0.5) is 0 Å². The molecule has 4 heteroatoms. The molecule has 0 spiro atoms. The SMILES string of the molecule is NC[C@H]1CCc2cccc(-c3cc(Cl)ccc3Cl)c2O1. The molecule has 0 saturated heterocycles. The average Bonchev–Trinajstić information content (AvgIpc) is 2.48. The van der Waals surface area contributed by atoms with Gasteiger partial charge in [0.1, 0.15) is 11.9 Å². The quantitative estimate of drug-likeness (QED) is 0.897. The fourth-order valence-electron chi connectivity index (χ4n) is 2.54. The van der Waals surface area contributed by atoms with Crippen molar-refractivity contribution in [2.45, 2.75) is 18.9 Å². The van der Waals surface area contributed by atoms with Gasteiger partial charge in [0.2, 0.25) is 0 Å². The number of fused-ring (bicyclic) bond motifs is 1. The lowest BCUT2D eigenvalue weighted by Crippen LogP contribution is -2.30. The number of aryl methyl sites for hydroxylation is 1. The van der Waals surface area contributed by atoms with E-state index in [-0.39, 0.29) is 6.10 Å². The van der Waals surface area contributed by atoms with E-state index in [0.29, 0.717) is 16.6 Å². The Hall–Kier alpha value is -1.22. The van der Waals surface area contributed by atoms with Crippen molar-refractivity contribution in [2.75, 3.05) is 6.54 Å². The van der Waals surface area contributed by atoms with E-state index in [2.05, 4.69) is 6.07 Å². The molecule has 2 aromatic carbocycles. The molecule has 0 saturated carbocycles. The van der Waals surface area contributed by atoms with E-state index in [1.54, 1.807) is 6.07 Å². The van der Waals surface area contributed by atoms with Crippen molar-refractivity contribution in [1.82, 2.24) is 0 Å². The van der Waals surface area contributed by atoms with E-state index in [4.69, 9.17) is 33.7 Å². The summed E-state index contributed by atoms with van der Waals surface area (Å²) in [5, 5.41) is 1.33. The Bertz CT molecular complexity index is 642. The summed E-state index contributed by atoms with van der Waals surface area (Å²) in [4.78, 5) is 0. The van der Waals surface area contributed by atoms with Crippen molar-refractivity contribution < 1.29 is 4.74 Å². The third-order valence-corrected chi connectivity index (χ3v) is 4.16. The topological polar surface area (TPSA) is 35.2 Å². The summed E-state index contributed by atoms with van der Waals surface area (Å²) in [7, 11) is 0. The molecule has 104 valence electrons. The van der Waals surface area contributed by atoms with E-state index >= 15 is 0 Å². The second-order valence-electron chi connectivity index (χ2n) is 4.93. The Morgan fingerprint density at radius 1 is 1.15 bits per heavy atom. The van der Waals surface area contributed by atoms with Crippen LogP contribution in [0.2, 0.25) is 10.0 Å². The highest BCUT2D eigenvalue weighted by Gasteiger charge is 2.22. The zero-order chi connectivity index (χ0) is 14.1. The van der Waals surface area contributed by atoms with Crippen LogP contribution in [-0.4, -0.2) is 12.6 Å². The second-order valence-corrected chi connectivity index (χ2v) is 5.78. The summed E-state index contributed by atoms with van der Waals surface area (Å²) in [5.74, 6) is 0.887. The minimum absolute atomic E-state index is 0.0709. The Morgan fingerprint density at radius 3 is 2.80 bits per heavy atom. The molecule has 1 aliphatic heterocycles. The van der Waals surface area contributed by atoms with Crippen LogP contribution in [0.5, 0.6) is 5.75 Å². The third-order valence-electron chi connectivity index (χ3n) is 3.60. The second kappa shape index (κ2) is 5.65. The van der Waals surface area contributed by atoms with Crippen molar-refractivity contribution >= 4 is 23.2 Å². The third kappa shape index (κ3) is 2.51. The minimum Gasteiger partial charge on any atom is -0.488 e.